The molecule has 1 aromatic heterocycles. The van der Waals surface area contributed by atoms with Gasteiger partial charge >= 0.3 is 0 Å². The molecule has 0 spiro atoms. The van der Waals surface area contributed by atoms with Crippen molar-refractivity contribution in [1.82, 2.24) is 5.01 Å². The predicted octanol–water partition coefficient (Wildman–Crippen LogP) is 4.29. The van der Waals surface area contributed by atoms with E-state index in [2.05, 4.69) is 17.5 Å². The van der Waals surface area contributed by atoms with Crippen molar-refractivity contribution in [3.8, 4) is 5.75 Å². The number of rotatable bonds is 1. The average Bonchev–Trinajstić information content (AvgIpc) is 3.08. The molecule has 0 saturated carbocycles. The quantitative estimate of drug-likeness (QED) is 0.785. The zero-order valence-electron chi connectivity index (χ0n) is 10.9. The van der Waals surface area contributed by atoms with Crippen LogP contribution in [0.2, 0.25) is 5.02 Å². The molecule has 3 nitrogen and oxygen atoms in total. The molecule has 2 aromatic rings. The third-order valence-electron chi connectivity index (χ3n) is 3.75. The van der Waals surface area contributed by atoms with Crippen LogP contribution in [-0.4, -0.2) is 16.9 Å². The first-order valence-corrected chi connectivity index (χ1v) is 7.84. The molecule has 2 unspecified atom stereocenters. The highest BCUT2D eigenvalue weighted by Gasteiger charge is 2.38. The molecule has 0 amide bonds. The number of hydrazone groups is 1. The molecule has 0 bridgehead atoms. The van der Waals surface area contributed by atoms with E-state index >= 15 is 0 Å². The highest BCUT2D eigenvalue weighted by Crippen LogP contribution is 2.44. The van der Waals surface area contributed by atoms with Gasteiger partial charge in [-0.15, -0.1) is 11.3 Å². The van der Waals surface area contributed by atoms with Crippen molar-refractivity contribution < 1.29 is 4.74 Å². The molecule has 0 aliphatic carbocycles. The van der Waals surface area contributed by atoms with E-state index < -0.39 is 0 Å². The summed E-state index contributed by atoms with van der Waals surface area (Å²) in [4.78, 5) is 1.23. The van der Waals surface area contributed by atoms with Crippen LogP contribution in [0.25, 0.3) is 0 Å². The Kier molecular flexibility index (Phi) is 2.75. The van der Waals surface area contributed by atoms with Gasteiger partial charge in [-0.05, 0) is 36.6 Å². The van der Waals surface area contributed by atoms with Crippen molar-refractivity contribution in [3.05, 3.63) is 51.2 Å². The number of ether oxygens (including phenoxy) is 1. The lowest BCUT2D eigenvalue weighted by molar-refractivity contribution is -0.00334. The van der Waals surface area contributed by atoms with Crippen molar-refractivity contribution in [2.24, 2.45) is 5.10 Å². The number of hydrogen-bond acceptors (Lipinski definition) is 4. The largest absolute Gasteiger partial charge is 0.469 e. The molecule has 5 heteroatoms. The van der Waals surface area contributed by atoms with E-state index in [1.54, 1.807) is 11.3 Å². The molecule has 20 heavy (non-hydrogen) atoms. The maximum atomic E-state index is 6.13. The Bertz CT molecular complexity index is 683. The molecule has 2 atom stereocenters. The van der Waals surface area contributed by atoms with Gasteiger partial charge in [0.15, 0.2) is 6.23 Å². The first-order chi connectivity index (χ1) is 9.72. The zero-order chi connectivity index (χ0) is 13.7. The molecular formula is C15H13ClN2OS. The van der Waals surface area contributed by atoms with Crippen LogP contribution < -0.4 is 4.74 Å². The average molecular weight is 305 g/mol. The van der Waals surface area contributed by atoms with Crippen molar-refractivity contribution in [3.63, 3.8) is 0 Å². The van der Waals surface area contributed by atoms with E-state index in [-0.39, 0.29) is 12.3 Å². The van der Waals surface area contributed by atoms with Gasteiger partial charge in [-0.25, -0.2) is 0 Å². The lowest BCUT2D eigenvalue weighted by Crippen LogP contribution is -2.37. The van der Waals surface area contributed by atoms with Gasteiger partial charge in [-0.2, -0.15) is 5.10 Å². The van der Waals surface area contributed by atoms with Gasteiger partial charge in [0.25, 0.3) is 0 Å². The van der Waals surface area contributed by atoms with Crippen LogP contribution >= 0.6 is 22.9 Å². The summed E-state index contributed by atoms with van der Waals surface area (Å²) in [5, 5.41) is 9.63. The lowest BCUT2D eigenvalue weighted by Gasteiger charge is -2.36. The minimum atomic E-state index is -0.0499. The van der Waals surface area contributed by atoms with Gasteiger partial charge < -0.3 is 4.74 Å². The smallest absolute Gasteiger partial charge is 0.185 e. The summed E-state index contributed by atoms with van der Waals surface area (Å²) in [7, 11) is 0. The van der Waals surface area contributed by atoms with Gasteiger partial charge in [0, 0.05) is 17.0 Å². The highest BCUT2D eigenvalue weighted by atomic mass is 35.5. The van der Waals surface area contributed by atoms with E-state index in [1.165, 1.54) is 4.88 Å². The normalized spacial score (nSPS) is 23.9. The maximum absolute atomic E-state index is 6.13. The summed E-state index contributed by atoms with van der Waals surface area (Å²) in [6.07, 6.45) is 0.854. The monoisotopic (exact) mass is 304 g/mol. The molecule has 0 saturated heterocycles. The summed E-state index contributed by atoms with van der Waals surface area (Å²) < 4.78 is 5.93. The second-order valence-electron chi connectivity index (χ2n) is 5.02. The number of halogens is 1. The molecule has 3 heterocycles. The van der Waals surface area contributed by atoms with Gasteiger partial charge in [0.05, 0.1) is 16.6 Å². The standard InChI is InChI=1S/C15H13ClN2OS/c1-9-18-13(8-12(17-18)15-3-2-6-20-15)11-7-10(16)4-5-14(11)19-9/h2-7,9,13H,8H2,1H3. The van der Waals surface area contributed by atoms with Gasteiger partial charge in [-0.3, -0.25) is 5.01 Å². The van der Waals surface area contributed by atoms with Crippen molar-refractivity contribution in [2.75, 3.05) is 0 Å². The van der Waals surface area contributed by atoms with Crippen molar-refractivity contribution in [2.45, 2.75) is 25.6 Å². The van der Waals surface area contributed by atoms with Crippen LogP contribution in [-0.2, 0) is 0 Å². The highest BCUT2D eigenvalue weighted by molar-refractivity contribution is 7.12. The summed E-state index contributed by atoms with van der Waals surface area (Å²) in [5.74, 6) is 0.922. The molecule has 0 N–H and O–H groups in total. The molecule has 1 aromatic carbocycles. The van der Waals surface area contributed by atoms with Crippen LogP contribution in [0.15, 0.2) is 40.8 Å². The first-order valence-electron chi connectivity index (χ1n) is 6.58. The van der Waals surface area contributed by atoms with Crippen LogP contribution in [0.3, 0.4) is 0 Å². The fourth-order valence-corrected chi connectivity index (χ4v) is 3.73. The number of benzene rings is 1. The van der Waals surface area contributed by atoms with Crippen LogP contribution in [0, 0.1) is 0 Å². The molecule has 0 radical (unpaired) electrons. The van der Waals surface area contributed by atoms with E-state index in [0.717, 1.165) is 28.5 Å². The van der Waals surface area contributed by atoms with E-state index in [4.69, 9.17) is 21.4 Å². The zero-order valence-corrected chi connectivity index (χ0v) is 12.5. The second kappa shape index (κ2) is 4.50. The first kappa shape index (κ1) is 12.2. The van der Waals surface area contributed by atoms with Crippen molar-refractivity contribution in [1.29, 1.82) is 0 Å². The molecule has 2 aliphatic rings. The number of thiophene rings is 1. The Hall–Kier alpha value is -1.52. The molecule has 4 rings (SSSR count). The van der Waals surface area contributed by atoms with Crippen LogP contribution in [0.1, 0.15) is 29.8 Å². The minimum absolute atomic E-state index is 0.0499. The molecule has 0 fully saturated rings. The number of fused-ring (bicyclic) bond motifs is 3. The Morgan fingerprint density at radius 2 is 2.30 bits per heavy atom. The fourth-order valence-electron chi connectivity index (χ4n) is 2.83. The van der Waals surface area contributed by atoms with E-state index in [1.807, 2.05) is 30.1 Å². The fraction of sp³-hybridized carbons (Fsp3) is 0.267. The third-order valence-corrected chi connectivity index (χ3v) is 4.90. The Labute approximate surface area is 126 Å². The molecular weight excluding hydrogens is 292 g/mol. The number of nitrogens with zero attached hydrogens (tertiary/aromatic N) is 2. The second-order valence-corrected chi connectivity index (χ2v) is 6.41. The maximum Gasteiger partial charge on any atom is 0.185 e. The summed E-state index contributed by atoms with van der Waals surface area (Å²) in [6.45, 7) is 2.03. The van der Waals surface area contributed by atoms with E-state index in [0.29, 0.717) is 0 Å². The van der Waals surface area contributed by atoms with Gasteiger partial charge in [0.2, 0.25) is 0 Å². The summed E-state index contributed by atoms with van der Waals surface area (Å²) >= 11 is 7.86. The summed E-state index contributed by atoms with van der Waals surface area (Å²) in [5.41, 5.74) is 2.26. The SMILES string of the molecule is CC1Oc2ccc(Cl)cc2C2CC(c3cccs3)=NN12. The predicted molar refractivity (Wildman–Crippen MR) is 81.6 cm³/mol. The van der Waals surface area contributed by atoms with Gasteiger partial charge in [-0.1, -0.05) is 17.7 Å². The molecule has 2 aliphatic heterocycles. The van der Waals surface area contributed by atoms with Crippen LogP contribution in [0.5, 0.6) is 5.75 Å². The Balaban J connectivity index is 1.76. The molecule has 102 valence electrons. The Morgan fingerprint density at radius 3 is 3.10 bits per heavy atom. The van der Waals surface area contributed by atoms with Crippen LogP contribution in [0.4, 0.5) is 0 Å². The third kappa shape index (κ3) is 1.83. The summed E-state index contributed by atoms with van der Waals surface area (Å²) in [6, 6.07) is 10.2. The number of hydrogen-bond donors (Lipinski definition) is 0. The van der Waals surface area contributed by atoms with Gasteiger partial charge in [0.1, 0.15) is 5.75 Å². The van der Waals surface area contributed by atoms with E-state index in [9.17, 15) is 0 Å². The lowest BCUT2D eigenvalue weighted by atomic mass is 9.99. The minimum Gasteiger partial charge on any atom is -0.469 e. The van der Waals surface area contributed by atoms with Crippen molar-refractivity contribution >= 4 is 28.6 Å². The topological polar surface area (TPSA) is 24.8 Å². The Morgan fingerprint density at radius 1 is 1.40 bits per heavy atom.